The standard InChI is InChI=1S/C17H17ClF2N2O2/c1-24-12-4-3-11-9-13(15(18)23)16(21-14(11)10-12)22-7-2-5-17(19,20)6-8-22/h3-4,9-10H,2,5-8H2,1H3. The van der Waals surface area contributed by atoms with Crippen LogP contribution in [0.2, 0.25) is 0 Å². The topological polar surface area (TPSA) is 42.4 Å². The number of aromatic nitrogens is 1. The first kappa shape index (κ1) is 16.9. The van der Waals surface area contributed by atoms with Gasteiger partial charge >= 0.3 is 0 Å². The summed E-state index contributed by atoms with van der Waals surface area (Å²) in [6.07, 6.45) is -0.0868. The van der Waals surface area contributed by atoms with Crippen molar-refractivity contribution in [3.8, 4) is 5.75 Å². The molecular formula is C17H17ClF2N2O2. The molecule has 0 aliphatic carbocycles. The molecule has 0 amide bonds. The zero-order valence-electron chi connectivity index (χ0n) is 13.2. The number of fused-ring (bicyclic) bond motifs is 1. The Bertz CT molecular complexity index is 783. The van der Waals surface area contributed by atoms with Crippen LogP contribution in [0, 0.1) is 0 Å². The first-order valence-corrected chi connectivity index (χ1v) is 8.09. The molecule has 1 fully saturated rings. The molecule has 1 saturated heterocycles. The summed E-state index contributed by atoms with van der Waals surface area (Å²) in [5.41, 5.74) is 0.863. The third-order valence-corrected chi connectivity index (χ3v) is 4.44. The molecule has 7 heteroatoms. The fourth-order valence-electron chi connectivity index (χ4n) is 2.93. The van der Waals surface area contributed by atoms with Crippen LogP contribution in [0.3, 0.4) is 0 Å². The van der Waals surface area contributed by atoms with Crippen LogP contribution in [0.4, 0.5) is 14.6 Å². The van der Waals surface area contributed by atoms with Crippen molar-refractivity contribution < 1.29 is 18.3 Å². The molecule has 2 aromatic rings. The molecule has 0 atom stereocenters. The van der Waals surface area contributed by atoms with Gasteiger partial charge in [0.15, 0.2) is 0 Å². The summed E-state index contributed by atoms with van der Waals surface area (Å²) >= 11 is 5.70. The Balaban J connectivity index is 2.07. The molecule has 0 saturated carbocycles. The van der Waals surface area contributed by atoms with Gasteiger partial charge in [-0.15, -0.1) is 0 Å². The molecule has 0 radical (unpaired) electrons. The van der Waals surface area contributed by atoms with Gasteiger partial charge in [-0.3, -0.25) is 4.79 Å². The van der Waals surface area contributed by atoms with E-state index in [0.717, 1.165) is 5.39 Å². The Labute approximate surface area is 143 Å². The quantitative estimate of drug-likeness (QED) is 0.773. The highest BCUT2D eigenvalue weighted by Crippen LogP contribution is 2.32. The zero-order chi connectivity index (χ0) is 17.3. The first-order chi connectivity index (χ1) is 11.4. The molecule has 1 aliphatic rings. The van der Waals surface area contributed by atoms with Crippen molar-refractivity contribution in [2.24, 2.45) is 0 Å². The van der Waals surface area contributed by atoms with Gasteiger partial charge in [0.25, 0.3) is 5.24 Å². The molecule has 0 unspecified atom stereocenters. The number of hydrogen-bond acceptors (Lipinski definition) is 4. The number of ether oxygens (including phenoxy) is 1. The number of nitrogens with zero attached hydrogens (tertiary/aromatic N) is 2. The predicted molar refractivity (Wildman–Crippen MR) is 89.5 cm³/mol. The van der Waals surface area contributed by atoms with E-state index in [9.17, 15) is 13.6 Å². The molecule has 1 aliphatic heterocycles. The number of methoxy groups -OCH3 is 1. The first-order valence-electron chi connectivity index (χ1n) is 7.71. The summed E-state index contributed by atoms with van der Waals surface area (Å²) < 4.78 is 32.4. The van der Waals surface area contributed by atoms with Crippen molar-refractivity contribution in [2.45, 2.75) is 25.2 Å². The smallest absolute Gasteiger partial charge is 0.256 e. The third kappa shape index (κ3) is 3.43. The minimum Gasteiger partial charge on any atom is -0.497 e. The summed E-state index contributed by atoms with van der Waals surface area (Å²) in [6, 6.07) is 6.94. The van der Waals surface area contributed by atoms with Gasteiger partial charge in [-0.2, -0.15) is 0 Å². The number of carbonyl (C=O) groups excluding carboxylic acids is 1. The minimum atomic E-state index is -2.68. The average Bonchev–Trinajstić information content (AvgIpc) is 2.73. The lowest BCUT2D eigenvalue weighted by Gasteiger charge is -2.24. The number of anilines is 1. The molecule has 1 aromatic heterocycles. The Hall–Kier alpha value is -1.95. The van der Waals surface area contributed by atoms with Gasteiger partial charge in [0.2, 0.25) is 5.92 Å². The fraction of sp³-hybridized carbons (Fsp3) is 0.412. The molecule has 2 heterocycles. The minimum absolute atomic E-state index is 0.132. The fourth-order valence-corrected chi connectivity index (χ4v) is 3.06. The van der Waals surface area contributed by atoms with E-state index in [1.54, 1.807) is 36.3 Å². The number of rotatable bonds is 3. The van der Waals surface area contributed by atoms with E-state index < -0.39 is 11.2 Å². The van der Waals surface area contributed by atoms with E-state index in [0.29, 0.717) is 30.0 Å². The van der Waals surface area contributed by atoms with Crippen LogP contribution in [0.5, 0.6) is 5.75 Å². The molecule has 1 aromatic carbocycles. The highest BCUT2D eigenvalue weighted by atomic mass is 35.5. The molecule has 0 bridgehead atoms. The van der Waals surface area contributed by atoms with Crippen molar-refractivity contribution >= 4 is 33.6 Å². The van der Waals surface area contributed by atoms with Gasteiger partial charge in [-0.25, -0.2) is 13.8 Å². The van der Waals surface area contributed by atoms with E-state index in [-0.39, 0.29) is 24.9 Å². The highest BCUT2D eigenvalue weighted by molar-refractivity contribution is 6.68. The van der Waals surface area contributed by atoms with Crippen LogP contribution in [0.15, 0.2) is 24.3 Å². The molecule has 24 heavy (non-hydrogen) atoms. The van der Waals surface area contributed by atoms with Gasteiger partial charge in [-0.1, -0.05) is 0 Å². The maximum Gasteiger partial charge on any atom is 0.256 e. The molecule has 0 N–H and O–H groups in total. The third-order valence-electron chi connectivity index (χ3n) is 4.23. The Morgan fingerprint density at radius 1 is 1.29 bits per heavy atom. The normalized spacial score (nSPS) is 17.6. The van der Waals surface area contributed by atoms with Gasteiger partial charge in [-0.05, 0) is 36.2 Å². The summed E-state index contributed by atoms with van der Waals surface area (Å²) in [4.78, 5) is 18.0. The SMILES string of the molecule is COc1ccc2cc(C(=O)Cl)c(N3CCCC(F)(F)CC3)nc2c1. The van der Waals surface area contributed by atoms with Crippen molar-refractivity contribution in [1.82, 2.24) is 4.98 Å². The van der Waals surface area contributed by atoms with E-state index in [2.05, 4.69) is 4.98 Å². The number of carbonyl (C=O) groups is 1. The van der Waals surface area contributed by atoms with Crippen LogP contribution >= 0.6 is 11.6 Å². The Morgan fingerprint density at radius 2 is 2.08 bits per heavy atom. The summed E-state index contributed by atoms with van der Waals surface area (Å²) in [5.74, 6) is -1.69. The summed E-state index contributed by atoms with van der Waals surface area (Å²) in [6.45, 7) is 0.544. The van der Waals surface area contributed by atoms with Crippen molar-refractivity contribution in [3.63, 3.8) is 0 Å². The average molecular weight is 355 g/mol. The monoisotopic (exact) mass is 354 g/mol. The second-order valence-corrected chi connectivity index (χ2v) is 6.23. The summed E-state index contributed by atoms with van der Waals surface area (Å²) in [5, 5.41) is 0.0925. The maximum atomic E-state index is 13.6. The molecule has 128 valence electrons. The number of benzene rings is 1. The molecular weight excluding hydrogens is 338 g/mol. The molecule has 3 rings (SSSR count). The van der Waals surface area contributed by atoms with Gasteiger partial charge < -0.3 is 9.64 Å². The van der Waals surface area contributed by atoms with Crippen molar-refractivity contribution in [2.75, 3.05) is 25.1 Å². The lowest BCUT2D eigenvalue weighted by atomic mass is 10.1. The predicted octanol–water partition coefficient (Wildman–Crippen LogP) is 4.25. The van der Waals surface area contributed by atoms with Gasteiger partial charge in [0.1, 0.15) is 11.6 Å². The number of pyridine rings is 1. The zero-order valence-corrected chi connectivity index (χ0v) is 13.9. The van der Waals surface area contributed by atoms with Crippen LogP contribution in [-0.2, 0) is 0 Å². The Kier molecular flexibility index (Phi) is 4.58. The van der Waals surface area contributed by atoms with E-state index in [1.807, 2.05) is 0 Å². The lowest BCUT2D eigenvalue weighted by Crippen LogP contribution is -2.28. The van der Waals surface area contributed by atoms with E-state index in [1.165, 1.54) is 0 Å². The van der Waals surface area contributed by atoms with E-state index in [4.69, 9.17) is 16.3 Å². The Morgan fingerprint density at radius 3 is 2.79 bits per heavy atom. The van der Waals surface area contributed by atoms with Gasteiger partial charge in [0, 0.05) is 37.4 Å². The number of hydrogen-bond donors (Lipinski definition) is 0. The van der Waals surface area contributed by atoms with Gasteiger partial charge in [0.05, 0.1) is 18.2 Å². The van der Waals surface area contributed by atoms with Crippen molar-refractivity contribution in [1.29, 1.82) is 0 Å². The second kappa shape index (κ2) is 6.51. The van der Waals surface area contributed by atoms with Crippen LogP contribution in [0.1, 0.15) is 29.6 Å². The number of alkyl halides is 2. The maximum absolute atomic E-state index is 13.6. The van der Waals surface area contributed by atoms with E-state index >= 15 is 0 Å². The largest absolute Gasteiger partial charge is 0.497 e. The number of halogens is 3. The molecule has 0 spiro atoms. The lowest BCUT2D eigenvalue weighted by molar-refractivity contribution is -0.0102. The second-order valence-electron chi connectivity index (χ2n) is 5.89. The highest BCUT2D eigenvalue weighted by Gasteiger charge is 2.33. The van der Waals surface area contributed by atoms with Crippen LogP contribution in [-0.4, -0.2) is 36.3 Å². The van der Waals surface area contributed by atoms with Crippen LogP contribution in [0.25, 0.3) is 10.9 Å². The van der Waals surface area contributed by atoms with Crippen LogP contribution < -0.4 is 9.64 Å². The summed E-state index contributed by atoms with van der Waals surface area (Å²) in [7, 11) is 1.55. The molecule has 4 nitrogen and oxygen atoms in total. The van der Waals surface area contributed by atoms with Crippen molar-refractivity contribution in [3.05, 3.63) is 29.8 Å².